The van der Waals surface area contributed by atoms with E-state index in [2.05, 4.69) is 15.3 Å². The monoisotopic (exact) mass is 1350 g/mol. The number of fused-ring (bicyclic) bond motifs is 1. The van der Waals surface area contributed by atoms with Crippen LogP contribution in [0.25, 0.3) is 11.0 Å². The lowest BCUT2D eigenvalue weighted by Gasteiger charge is -2.41. The van der Waals surface area contributed by atoms with Crippen LogP contribution in [0.4, 0.5) is 0 Å². The molecule has 536 valence electrons. The van der Waals surface area contributed by atoms with Crippen molar-refractivity contribution in [2.24, 2.45) is 64.3 Å². The summed E-state index contributed by atoms with van der Waals surface area (Å²) in [6.45, 7) is 27.8. The molecule has 2 heterocycles. The summed E-state index contributed by atoms with van der Waals surface area (Å²) in [5.41, 5.74) is 0.705. The SMILES string of the molecule is CC[C@@H]1CC(=O)[C@H]([C@H](O)[C@H](C)Cc2nc3ccc(S(N)(=O)=O)cc3[nH]2)N(C)C(=O)[C@H](C(C)C)N(C)C(=O)[C@H](CC(C)C)N(C)C(=O)[C@H](CC(C)C)N(C)C(=O)[C@@H](C)NC(=O)[C@H](C)CC(=O)[C@H](CC(C)C)N(C)C(=O)[C@H](C(C)C)CC(=O)[C@H](CC(C)C)N(C)C(=O)CN(C)C1=O. The smallest absolute Gasteiger partial charge is 0.246 e. The van der Waals surface area contributed by atoms with Crippen molar-refractivity contribution in [1.29, 1.82) is 0 Å². The Bertz CT molecular complexity index is 3160. The molecule has 1 aliphatic heterocycles. The maximum atomic E-state index is 15.5. The quantitative estimate of drug-likeness (QED) is 0.165. The first-order chi connectivity index (χ1) is 43.8. The summed E-state index contributed by atoms with van der Waals surface area (Å²) in [6, 6.07) is -4.55. The van der Waals surface area contributed by atoms with Gasteiger partial charge in [-0.05, 0) is 98.7 Å². The standard InChI is InChI=1S/C69H115N11O14S/c1-24-46-33-57(83)61(62(85)43(14)32-58-72-49-26-25-47(95(70,93)94)34-50(49)73-58)80(23)69(92)60(42(12)13)79(22)68(91)54(30-40(8)9)78(21)67(90)53(29-39(6)7)77(20)64(87)45(16)71-63(86)44(15)31-55(81)52(28-38(4)5)76(19)66(89)48(41(10)11)35-56(82)51(27-37(2)3)75(18)59(84)36-74(17)65(46)88/h25-26,34,37-46,48,51-54,60-62,85H,24,27-33,35-36H2,1-23H3,(H,71,86)(H,72,73)(H2,70,93,94)/t43-,44-,45-,46-,48+,51+,52+,53+,54+,60+,61-,62-/m1/s1. The van der Waals surface area contributed by atoms with Gasteiger partial charge in [-0.1, -0.05) is 104 Å². The number of aliphatic hydroxyl groups excluding tert-OH is 1. The van der Waals surface area contributed by atoms with Gasteiger partial charge < -0.3 is 49.7 Å². The molecule has 95 heavy (non-hydrogen) atoms. The van der Waals surface area contributed by atoms with E-state index < -0.39 is 172 Å². The minimum atomic E-state index is -4.09. The molecule has 25 nitrogen and oxygen atoms in total. The molecule has 1 saturated heterocycles. The van der Waals surface area contributed by atoms with Crippen molar-refractivity contribution in [3.8, 4) is 0 Å². The zero-order valence-corrected chi connectivity index (χ0v) is 61.8. The second-order valence-corrected chi connectivity index (χ2v) is 30.9. The number of carbonyl (C=O) groups excluding carboxylic acids is 11. The largest absolute Gasteiger partial charge is 0.390 e. The Morgan fingerprint density at radius 2 is 1.02 bits per heavy atom. The van der Waals surface area contributed by atoms with E-state index in [0.717, 1.165) is 9.80 Å². The molecular formula is C69H115N11O14S. The van der Waals surface area contributed by atoms with Crippen molar-refractivity contribution in [2.45, 2.75) is 222 Å². The topological polar surface area (TPSA) is 332 Å². The number of imidazole rings is 1. The van der Waals surface area contributed by atoms with E-state index in [1.807, 2.05) is 55.4 Å². The minimum Gasteiger partial charge on any atom is -0.390 e. The van der Waals surface area contributed by atoms with Crippen molar-refractivity contribution < 1.29 is 66.3 Å². The lowest BCUT2D eigenvalue weighted by Crippen LogP contribution is -2.62. The third kappa shape index (κ3) is 21.9. The number of Topliss-reactive ketones (excluding diaryl/α,β-unsaturated/α-hetero) is 3. The van der Waals surface area contributed by atoms with E-state index in [-0.39, 0.29) is 79.9 Å². The second-order valence-electron chi connectivity index (χ2n) is 29.3. The number of nitrogens with two attached hydrogens (primary N) is 1. The normalized spacial score (nSPS) is 25.7. The summed E-state index contributed by atoms with van der Waals surface area (Å²) in [6.07, 6.45) is -2.10. The van der Waals surface area contributed by atoms with Gasteiger partial charge in [-0.2, -0.15) is 0 Å². The van der Waals surface area contributed by atoms with Crippen molar-refractivity contribution in [2.75, 3.05) is 55.9 Å². The van der Waals surface area contributed by atoms with Gasteiger partial charge in [-0.15, -0.1) is 0 Å². The zero-order chi connectivity index (χ0) is 72.9. The predicted molar refractivity (Wildman–Crippen MR) is 364 cm³/mol. The summed E-state index contributed by atoms with van der Waals surface area (Å²) in [5, 5.41) is 20.7. The number of sulfonamides is 1. The summed E-state index contributed by atoms with van der Waals surface area (Å²) in [7, 11) is 5.90. The van der Waals surface area contributed by atoms with Crippen LogP contribution in [0.5, 0.6) is 0 Å². The molecular weight excluding hydrogens is 1240 g/mol. The Morgan fingerprint density at radius 3 is 1.51 bits per heavy atom. The Morgan fingerprint density at radius 1 is 0.558 bits per heavy atom. The van der Waals surface area contributed by atoms with Gasteiger partial charge in [-0.25, -0.2) is 18.5 Å². The summed E-state index contributed by atoms with van der Waals surface area (Å²) >= 11 is 0. The van der Waals surface area contributed by atoms with Crippen LogP contribution in [-0.4, -0.2) is 227 Å². The van der Waals surface area contributed by atoms with Gasteiger partial charge in [0.2, 0.25) is 57.3 Å². The van der Waals surface area contributed by atoms with E-state index in [4.69, 9.17) is 5.14 Å². The summed E-state index contributed by atoms with van der Waals surface area (Å²) in [5.74, 6) is -11.8. The Hall–Kier alpha value is -6.67. The zero-order valence-electron chi connectivity index (χ0n) is 61.0. The van der Waals surface area contributed by atoms with Crippen LogP contribution < -0.4 is 10.5 Å². The summed E-state index contributed by atoms with van der Waals surface area (Å²) < 4.78 is 24.5. The number of amides is 8. The molecule has 0 spiro atoms. The van der Waals surface area contributed by atoms with Crippen LogP contribution in [0, 0.1) is 59.2 Å². The lowest BCUT2D eigenvalue weighted by molar-refractivity contribution is -0.157. The Labute approximate surface area is 565 Å². The van der Waals surface area contributed by atoms with E-state index in [0.29, 0.717) is 16.9 Å². The molecule has 0 saturated carbocycles. The summed E-state index contributed by atoms with van der Waals surface area (Å²) in [4.78, 5) is 179. The average Bonchev–Trinajstić information content (AvgIpc) is 1.63. The minimum absolute atomic E-state index is 0.0407. The molecule has 0 aliphatic carbocycles. The number of nitrogens with one attached hydrogen (secondary N) is 2. The van der Waals surface area contributed by atoms with Crippen LogP contribution in [0.1, 0.15) is 168 Å². The van der Waals surface area contributed by atoms with Crippen LogP contribution in [0.15, 0.2) is 23.1 Å². The van der Waals surface area contributed by atoms with Crippen LogP contribution in [0.2, 0.25) is 0 Å². The first kappa shape index (κ1) is 82.6. The first-order valence-electron chi connectivity index (χ1n) is 33.7. The fourth-order valence-electron chi connectivity index (χ4n) is 12.8. The van der Waals surface area contributed by atoms with Gasteiger partial charge in [0.25, 0.3) is 0 Å². The molecule has 26 heteroatoms. The number of benzene rings is 1. The number of aliphatic hydroxyl groups is 1. The molecule has 0 bridgehead atoms. The molecule has 12 atom stereocenters. The van der Waals surface area contributed by atoms with Gasteiger partial charge >= 0.3 is 0 Å². The molecule has 2 aromatic rings. The number of aromatic amines is 1. The van der Waals surface area contributed by atoms with Crippen molar-refractivity contribution in [3.05, 3.63) is 24.0 Å². The molecule has 8 amide bonds. The van der Waals surface area contributed by atoms with Gasteiger partial charge in [0, 0.05) is 92.8 Å². The Kier molecular flexibility index (Phi) is 30.9. The van der Waals surface area contributed by atoms with Gasteiger partial charge in [0.05, 0.1) is 40.7 Å². The predicted octanol–water partition coefficient (Wildman–Crippen LogP) is 5.34. The molecule has 0 radical (unpaired) electrons. The fourth-order valence-corrected chi connectivity index (χ4v) is 13.3. The van der Waals surface area contributed by atoms with Crippen LogP contribution >= 0.6 is 0 Å². The highest BCUT2D eigenvalue weighted by Crippen LogP contribution is 2.30. The van der Waals surface area contributed by atoms with Gasteiger partial charge in [0.1, 0.15) is 36.0 Å². The molecule has 0 unspecified atom stereocenters. The van der Waals surface area contributed by atoms with E-state index in [1.54, 1.807) is 48.5 Å². The maximum Gasteiger partial charge on any atom is 0.246 e. The van der Waals surface area contributed by atoms with Gasteiger partial charge in [-0.3, -0.25) is 52.7 Å². The van der Waals surface area contributed by atoms with E-state index in [1.165, 1.54) is 99.0 Å². The van der Waals surface area contributed by atoms with Crippen molar-refractivity contribution in [1.82, 2.24) is 49.6 Å². The lowest BCUT2D eigenvalue weighted by atomic mass is 9.84. The van der Waals surface area contributed by atoms with Crippen molar-refractivity contribution >= 4 is 85.7 Å². The molecule has 3 rings (SSSR count). The molecule has 1 aromatic carbocycles. The maximum absolute atomic E-state index is 15.5. The van der Waals surface area contributed by atoms with E-state index >= 15 is 19.2 Å². The highest BCUT2D eigenvalue weighted by atomic mass is 32.2. The average molecular weight is 1350 g/mol. The van der Waals surface area contributed by atoms with Crippen LogP contribution in [-0.2, 0) is 69.2 Å². The fraction of sp³-hybridized carbons (Fsp3) is 0.739. The third-order valence-electron chi connectivity index (χ3n) is 18.7. The number of primary sulfonamides is 1. The second kappa shape index (κ2) is 35.5. The molecule has 1 aliphatic rings. The van der Waals surface area contributed by atoms with E-state index in [9.17, 15) is 47.1 Å². The number of aromatic nitrogens is 2. The van der Waals surface area contributed by atoms with Crippen LogP contribution in [0.3, 0.4) is 0 Å². The molecule has 1 aromatic heterocycles. The number of ketones is 3. The molecule has 1 fully saturated rings. The number of hydrogen-bond donors (Lipinski definition) is 4. The highest BCUT2D eigenvalue weighted by molar-refractivity contribution is 7.89. The third-order valence-corrected chi connectivity index (χ3v) is 19.6. The molecule has 5 N–H and O–H groups in total. The number of nitrogens with zero attached hydrogens (tertiary/aromatic N) is 8. The van der Waals surface area contributed by atoms with Gasteiger partial charge in [0.15, 0.2) is 17.3 Å². The number of likely N-dealkylation sites (N-methyl/N-ethyl adjacent to an activating group) is 7. The number of carbonyl (C=O) groups is 11. The Balaban J connectivity index is 2.34. The number of rotatable bonds is 16. The highest BCUT2D eigenvalue weighted by Gasteiger charge is 2.46. The van der Waals surface area contributed by atoms with Crippen molar-refractivity contribution in [3.63, 3.8) is 0 Å². The first-order valence-corrected chi connectivity index (χ1v) is 35.3. The number of hydrogen-bond acceptors (Lipinski definition) is 15. The number of H-pyrrole nitrogens is 1.